The topological polar surface area (TPSA) is 69.7 Å². The van der Waals surface area contributed by atoms with Crippen molar-refractivity contribution in [3.8, 4) is 0 Å². The Hall–Kier alpha value is -1.36. The zero-order valence-corrected chi connectivity index (χ0v) is 7.77. The molecular weight excluding hydrogens is 186 g/mol. The van der Waals surface area contributed by atoms with Gasteiger partial charge in [0.05, 0.1) is 5.97 Å². The summed E-state index contributed by atoms with van der Waals surface area (Å²) < 4.78 is 0. The van der Waals surface area contributed by atoms with Crippen LogP contribution in [0.1, 0.15) is 19.3 Å². The van der Waals surface area contributed by atoms with Crippen LogP contribution >= 0.6 is 0 Å². The predicted molar refractivity (Wildman–Crippen MR) is 45.7 cm³/mol. The number of rotatable bonds is 3. The van der Waals surface area contributed by atoms with Crippen molar-refractivity contribution >= 4 is 11.9 Å². The Kier molecular flexibility index (Phi) is 4.12. The summed E-state index contributed by atoms with van der Waals surface area (Å²) in [5.41, 5.74) is 0. The largest absolute Gasteiger partial charge is 0.545 e. The van der Waals surface area contributed by atoms with Crippen LogP contribution in [0.25, 0.3) is 0 Å². The first kappa shape index (κ1) is 10.7. The average Bonchev–Trinajstić information content (AvgIpc) is 2.16. The molecule has 0 aromatic rings. The van der Waals surface area contributed by atoms with Gasteiger partial charge in [-0.2, -0.15) is 0 Å². The first-order chi connectivity index (χ1) is 6.68. The minimum absolute atomic E-state index is 0.659. The van der Waals surface area contributed by atoms with Crippen molar-refractivity contribution in [1.29, 1.82) is 0 Å². The van der Waals surface area contributed by atoms with Crippen LogP contribution in [0.2, 0.25) is 0 Å². The maximum atomic E-state index is 11.0. The van der Waals surface area contributed by atoms with E-state index in [1.165, 1.54) is 0 Å². The van der Waals surface area contributed by atoms with E-state index in [4.69, 9.17) is 4.84 Å². The van der Waals surface area contributed by atoms with E-state index in [0.29, 0.717) is 19.2 Å². The molecule has 0 spiro atoms. The Balaban J connectivity index is 2.28. The molecule has 0 N–H and O–H groups in total. The van der Waals surface area contributed by atoms with Crippen molar-refractivity contribution in [3.05, 3.63) is 12.2 Å². The van der Waals surface area contributed by atoms with Gasteiger partial charge in [0, 0.05) is 19.2 Å². The van der Waals surface area contributed by atoms with Crippen molar-refractivity contribution in [2.24, 2.45) is 0 Å². The molecule has 0 unspecified atom stereocenters. The fourth-order valence-corrected chi connectivity index (χ4v) is 1.25. The highest BCUT2D eigenvalue weighted by atomic mass is 16.7. The summed E-state index contributed by atoms with van der Waals surface area (Å²) in [4.78, 5) is 25.8. The standard InChI is InChI=1S/C9H13NO4/c11-8(12)4-5-9(13)14-10-6-2-1-3-7-10/h4-5H,1-3,6-7H2,(H,11,12)/p-1/b5-4+. The van der Waals surface area contributed by atoms with Gasteiger partial charge in [-0.25, -0.2) is 4.79 Å². The Labute approximate surface area is 81.9 Å². The number of carbonyl (C=O) groups excluding carboxylic acids is 2. The number of carboxylic acid groups (broad SMARTS) is 1. The molecule has 0 amide bonds. The maximum absolute atomic E-state index is 11.0. The fraction of sp³-hybridized carbons (Fsp3) is 0.556. The van der Waals surface area contributed by atoms with Gasteiger partial charge in [-0.1, -0.05) is 6.42 Å². The number of hydroxylamine groups is 2. The molecular formula is C9H12NO4-. The first-order valence-corrected chi connectivity index (χ1v) is 4.54. The van der Waals surface area contributed by atoms with Crippen LogP contribution < -0.4 is 5.11 Å². The van der Waals surface area contributed by atoms with Gasteiger partial charge in [-0.3, -0.25) is 0 Å². The van der Waals surface area contributed by atoms with E-state index >= 15 is 0 Å². The van der Waals surface area contributed by atoms with Crippen LogP contribution in [0.3, 0.4) is 0 Å². The molecule has 78 valence electrons. The van der Waals surface area contributed by atoms with Crippen molar-refractivity contribution < 1.29 is 19.5 Å². The van der Waals surface area contributed by atoms with Crippen molar-refractivity contribution in [2.75, 3.05) is 13.1 Å². The van der Waals surface area contributed by atoms with Gasteiger partial charge < -0.3 is 14.7 Å². The second kappa shape index (κ2) is 5.39. The summed E-state index contributed by atoms with van der Waals surface area (Å²) in [6.07, 6.45) is 4.65. The highest BCUT2D eigenvalue weighted by molar-refractivity contribution is 5.89. The van der Waals surface area contributed by atoms with Gasteiger partial charge in [-0.05, 0) is 18.9 Å². The minimum atomic E-state index is -1.40. The van der Waals surface area contributed by atoms with Crippen LogP contribution in [-0.4, -0.2) is 30.1 Å². The lowest BCUT2D eigenvalue weighted by Crippen LogP contribution is -2.32. The summed E-state index contributed by atoms with van der Waals surface area (Å²) in [7, 11) is 0. The molecule has 1 aliphatic rings. The average molecular weight is 198 g/mol. The van der Waals surface area contributed by atoms with E-state index in [1.54, 1.807) is 5.06 Å². The fourth-order valence-electron chi connectivity index (χ4n) is 1.25. The number of hydrogen-bond donors (Lipinski definition) is 0. The Bertz CT molecular complexity index is 243. The monoisotopic (exact) mass is 198 g/mol. The molecule has 0 aromatic carbocycles. The highest BCUT2D eigenvalue weighted by Gasteiger charge is 2.12. The molecule has 0 atom stereocenters. The molecule has 1 aliphatic heterocycles. The lowest BCUT2D eigenvalue weighted by molar-refractivity contribution is -0.297. The molecule has 0 aromatic heterocycles. The van der Waals surface area contributed by atoms with Gasteiger partial charge in [0.15, 0.2) is 0 Å². The van der Waals surface area contributed by atoms with Gasteiger partial charge in [0.25, 0.3) is 0 Å². The summed E-state index contributed by atoms with van der Waals surface area (Å²) in [6, 6.07) is 0. The third-order valence-electron chi connectivity index (χ3n) is 1.89. The van der Waals surface area contributed by atoms with Crippen LogP contribution in [0.4, 0.5) is 0 Å². The molecule has 1 heterocycles. The van der Waals surface area contributed by atoms with Gasteiger partial charge >= 0.3 is 5.97 Å². The Morgan fingerprint density at radius 2 is 1.79 bits per heavy atom. The Morgan fingerprint density at radius 1 is 1.14 bits per heavy atom. The minimum Gasteiger partial charge on any atom is -0.545 e. The van der Waals surface area contributed by atoms with E-state index < -0.39 is 11.9 Å². The van der Waals surface area contributed by atoms with Crippen LogP contribution in [-0.2, 0) is 14.4 Å². The number of piperidine rings is 1. The van der Waals surface area contributed by atoms with Crippen LogP contribution in [0, 0.1) is 0 Å². The molecule has 1 rings (SSSR count). The van der Waals surface area contributed by atoms with Crippen molar-refractivity contribution in [2.45, 2.75) is 19.3 Å². The van der Waals surface area contributed by atoms with Gasteiger partial charge in [0.1, 0.15) is 0 Å². The molecule has 5 nitrogen and oxygen atoms in total. The zero-order chi connectivity index (χ0) is 10.4. The summed E-state index contributed by atoms with van der Waals surface area (Å²) in [5, 5.41) is 11.5. The SMILES string of the molecule is O=C([O-])/C=C/C(=O)ON1CCCCC1. The summed E-state index contributed by atoms with van der Waals surface area (Å²) in [6.45, 7) is 1.43. The quantitative estimate of drug-likeness (QED) is 0.557. The molecule has 0 bridgehead atoms. The second-order valence-electron chi connectivity index (χ2n) is 3.05. The van der Waals surface area contributed by atoms with E-state index in [-0.39, 0.29) is 0 Å². The number of hydrogen-bond acceptors (Lipinski definition) is 5. The molecule has 0 aliphatic carbocycles. The molecule has 14 heavy (non-hydrogen) atoms. The van der Waals surface area contributed by atoms with Gasteiger partial charge in [0.2, 0.25) is 0 Å². The van der Waals surface area contributed by atoms with E-state index in [2.05, 4.69) is 0 Å². The molecule has 1 saturated heterocycles. The number of carboxylic acids is 1. The normalized spacial score (nSPS) is 18.3. The maximum Gasteiger partial charge on any atom is 0.349 e. The van der Waals surface area contributed by atoms with Crippen molar-refractivity contribution in [3.63, 3.8) is 0 Å². The lowest BCUT2D eigenvalue weighted by atomic mass is 10.2. The van der Waals surface area contributed by atoms with Gasteiger partial charge in [-0.15, -0.1) is 5.06 Å². The smallest absolute Gasteiger partial charge is 0.349 e. The zero-order valence-electron chi connectivity index (χ0n) is 7.77. The second-order valence-corrected chi connectivity index (χ2v) is 3.05. The highest BCUT2D eigenvalue weighted by Crippen LogP contribution is 2.08. The van der Waals surface area contributed by atoms with Crippen LogP contribution in [0.15, 0.2) is 12.2 Å². The van der Waals surface area contributed by atoms with E-state index in [9.17, 15) is 14.7 Å². The number of carbonyl (C=O) groups is 2. The molecule has 5 heteroatoms. The predicted octanol–water partition coefficient (Wildman–Crippen LogP) is -0.763. The number of aliphatic carboxylic acids is 1. The molecule has 1 fully saturated rings. The third-order valence-corrected chi connectivity index (χ3v) is 1.89. The van der Waals surface area contributed by atoms with E-state index in [0.717, 1.165) is 25.3 Å². The van der Waals surface area contributed by atoms with Crippen molar-refractivity contribution in [1.82, 2.24) is 5.06 Å². The summed E-state index contributed by atoms with van der Waals surface area (Å²) in [5.74, 6) is -2.07. The third kappa shape index (κ3) is 4.04. The molecule has 0 saturated carbocycles. The van der Waals surface area contributed by atoms with Crippen LogP contribution in [0.5, 0.6) is 0 Å². The number of nitrogens with zero attached hydrogens (tertiary/aromatic N) is 1. The summed E-state index contributed by atoms with van der Waals surface area (Å²) >= 11 is 0. The lowest BCUT2D eigenvalue weighted by Gasteiger charge is -2.24. The first-order valence-electron chi connectivity index (χ1n) is 4.54. The Morgan fingerprint density at radius 3 is 2.36 bits per heavy atom. The van der Waals surface area contributed by atoms with E-state index in [1.807, 2.05) is 0 Å². The molecule has 0 radical (unpaired) electrons.